The molecule has 0 saturated carbocycles. The van der Waals surface area contributed by atoms with E-state index in [1.807, 2.05) is 43.3 Å². The summed E-state index contributed by atoms with van der Waals surface area (Å²) >= 11 is 0. The van der Waals surface area contributed by atoms with Crippen LogP contribution in [-0.4, -0.2) is 36.2 Å². The van der Waals surface area contributed by atoms with Gasteiger partial charge >= 0.3 is 0 Å². The fourth-order valence-electron chi connectivity index (χ4n) is 3.82. The Morgan fingerprint density at radius 3 is 2.52 bits per heavy atom. The monoisotopic (exact) mass is 435 g/mol. The largest absolute Gasteiger partial charge is 0.307 e. The van der Waals surface area contributed by atoms with Crippen LogP contribution in [0.4, 0.5) is 5.82 Å². The molecule has 1 amide bonds. The van der Waals surface area contributed by atoms with Crippen LogP contribution in [0.25, 0.3) is 11.1 Å². The van der Waals surface area contributed by atoms with Crippen molar-refractivity contribution in [1.29, 1.82) is 0 Å². The lowest BCUT2D eigenvalue weighted by Crippen LogP contribution is -2.41. The number of pyridine rings is 1. The van der Waals surface area contributed by atoms with Crippen LogP contribution < -0.4 is 5.32 Å². The highest BCUT2D eigenvalue weighted by Gasteiger charge is 2.31. The second-order valence-electron chi connectivity index (χ2n) is 7.74. The molecule has 1 atom stereocenters. The van der Waals surface area contributed by atoms with E-state index in [4.69, 9.17) is 0 Å². The molecule has 0 radical (unpaired) electrons. The lowest BCUT2D eigenvalue weighted by Gasteiger charge is -2.32. The average Bonchev–Trinajstić information content (AvgIpc) is 2.80. The highest BCUT2D eigenvalue weighted by molar-refractivity contribution is 7.89. The van der Waals surface area contributed by atoms with Crippen LogP contribution in [0, 0.1) is 0 Å². The number of anilines is 1. The van der Waals surface area contributed by atoms with E-state index in [9.17, 15) is 13.2 Å². The van der Waals surface area contributed by atoms with Crippen molar-refractivity contribution < 1.29 is 13.2 Å². The zero-order valence-corrected chi connectivity index (χ0v) is 18.2. The predicted molar refractivity (Wildman–Crippen MR) is 121 cm³/mol. The van der Waals surface area contributed by atoms with Crippen LogP contribution in [-0.2, 0) is 10.0 Å². The molecule has 3 aromatic rings. The van der Waals surface area contributed by atoms with E-state index in [0.717, 1.165) is 30.4 Å². The molecule has 7 heteroatoms. The van der Waals surface area contributed by atoms with E-state index in [0.29, 0.717) is 12.4 Å². The Kier molecular flexibility index (Phi) is 6.15. The van der Waals surface area contributed by atoms with Gasteiger partial charge in [0.15, 0.2) is 0 Å². The highest BCUT2D eigenvalue weighted by atomic mass is 32.2. The molecule has 1 aromatic heterocycles. The number of nitrogens with one attached hydrogen (secondary N) is 1. The SMILES string of the molecule is CC1CCCCN1S(=O)(=O)c1cccc(C(=O)Nc2ccc(-c3ccccc3)cn2)c1. The number of hydrogen-bond acceptors (Lipinski definition) is 4. The molecule has 2 heterocycles. The minimum Gasteiger partial charge on any atom is -0.307 e. The van der Waals surface area contributed by atoms with Crippen molar-refractivity contribution in [2.75, 3.05) is 11.9 Å². The molecule has 0 bridgehead atoms. The van der Waals surface area contributed by atoms with Crippen molar-refractivity contribution in [3.63, 3.8) is 0 Å². The van der Waals surface area contributed by atoms with Gasteiger partial charge in [-0.25, -0.2) is 13.4 Å². The summed E-state index contributed by atoms with van der Waals surface area (Å²) in [6.07, 6.45) is 4.44. The van der Waals surface area contributed by atoms with Crippen LogP contribution in [0.5, 0.6) is 0 Å². The van der Waals surface area contributed by atoms with E-state index < -0.39 is 15.9 Å². The van der Waals surface area contributed by atoms with Crippen LogP contribution in [0.15, 0.2) is 77.8 Å². The Labute approximate surface area is 183 Å². The summed E-state index contributed by atoms with van der Waals surface area (Å²) in [5.74, 6) is 0.00583. The topological polar surface area (TPSA) is 79.4 Å². The lowest BCUT2D eigenvalue weighted by molar-refractivity contribution is 0.102. The Balaban J connectivity index is 1.51. The number of aromatic nitrogens is 1. The van der Waals surface area contributed by atoms with Gasteiger partial charge in [-0.3, -0.25) is 4.79 Å². The van der Waals surface area contributed by atoms with Crippen LogP contribution in [0.1, 0.15) is 36.5 Å². The maximum Gasteiger partial charge on any atom is 0.256 e. The Hall–Kier alpha value is -3.03. The van der Waals surface area contributed by atoms with Gasteiger partial charge in [0, 0.05) is 29.9 Å². The maximum atomic E-state index is 13.1. The number of carbonyl (C=O) groups excluding carboxylic acids is 1. The number of rotatable bonds is 5. The van der Waals surface area contributed by atoms with E-state index in [2.05, 4.69) is 10.3 Å². The zero-order valence-electron chi connectivity index (χ0n) is 17.4. The molecule has 1 saturated heterocycles. The number of hydrogen-bond donors (Lipinski definition) is 1. The van der Waals surface area contributed by atoms with E-state index >= 15 is 0 Å². The number of amides is 1. The zero-order chi connectivity index (χ0) is 21.8. The van der Waals surface area contributed by atoms with Crippen LogP contribution in [0.3, 0.4) is 0 Å². The fraction of sp³-hybridized carbons (Fsp3) is 0.250. The third kappa shape index (κ3) is 4.68. The van der Waals surface area contributed by atoms with E-state index in [1.54, 1.807) is 30.5 Å². The molecule has 1 aliphatic rings. The van der Waals surface area contributed by atoms with E-state index in [-0.39, 0.29) is 16.5 Å². The van der Waals surface area contributed by atoms with Crippen LogP contribution >= 0.6 is 0 Å². The van der Waals surface area contributed by atoms with Gasteiger partial charge in [-0.1, -0.05) is 42.8 Å². The first kappa shape index (κ1) is 21.2. The summed E-state index contributed by atoms with van der Waals surface area (Å²) in [5, 5.41) is 2.75. The predicted octanol–water partition coefficient (Wildman–Crippen LogP) is 4.56. The molecular formula is C24H25N3O3S. The molecule has 1 N–H and O–H groups in total. The van der Waals surface area contributed by atoms with Crippen molar-refractivity contribution in [2.45, 2.75) is 37.1 Å². The summed E-state index contributed by atoms with van der Waals surface area (Å²) in [5.41, 5.74) is 2.26. The molecule has 2 aromatic carbocycles. The smallest absolute Gasteiger partial charge is 0.256 e. The number of piperidine rings is 1. The second-order valence-corrected chi connectivity index (χ2v) is 9.63. The van der Waals surface area contributed by atoms with Crippen molar-refractivity contribution in [2.24, 2.45) is 0 Å². The Morgan fingerprint density at radius 1 is 1.00 bits per heavy atom. The Morgan fingerprint density at radius 2 is 1.81 bits per heavy atom. The quantitative estimate of drug-likeness (QED) is 0.637. The molecule has 4 rings (SSSR count). The summed E-state index contributed by atoms with van der Waals surface area (Å²) in [7, 11) is -3.64. The van der Waals surface area contributed by atoms with Crippen LogP contribution in [0.2, 0.25) is 0 Å². The first-order valence-corrected chi connectivity index (χ1v) is 11.8. The summed E-state index contributed by atoms with van der Waals surface area (Å²) in [4.78, 5) is 17.2. The average molecular weight is 436 g/mol. The van der Waals surface area contributed by atoms with Crippen molar-refractivity contribution >= 4 is 21.7 Å². The number of benzene rings is 2. The van der Waals surface area contributed by atoms with Gasteiger partial charge in [0.25, 0.3) is 5.91 Å². The van der Waals surface area contributed by atoms with Gasteiger partial charge in [0.2, 0.25) is 10.0 Å². The molecule has 160 valence electrons. The first-order valence-electron chi connectivity index (χ1n) is 10.4. The molecule has 31 heavy (non-hydrogen) atoms. The van der Waals surface area contributed by atoms with Gasteiger partial charge in [0.1, 0.15) is 5.82 Å². The summed E-state index contributed by atoms with van der Waals surface area (Å²) < 4.78 is 27.7. The minimum atomic E-state index is -3.64. The second kappa shape index (κ2) is 8.99. The maximum absolute atomic E-state index is 13.1. The van der Waals surface area contributed by atoms with Gasteiger partial charge < -0.3 is 5.32 Å². The van der Waals surface area contributed by atoms with Gasteiger partial charge in [-0.05, 0) is 55.7 Å². The van der Waals surface area contributed by atoms with E-state index in [1.165, 1.54) is 10.4 Å². The number of sulfonamides is 1. The standard InChI is InChI=1S/C24H25N3O3S/c1-18-8-5-6-15-27(18)31(29,30)22-12-7-11-20(16-22)24(28)26-23-14-13-21(17-25-23)19-9-3-2-4-10-19/h2-4,7,9-14,16-18H,5-6,8,15H2,1H3,(H,25,26,28). The highest BCUT2D eigenvalue weighted by Crippen LogP contribution is 2.26. The molecule has 0 aliphatic carbocycles. The normalized spacial score (nSPS) is 17.3. The van der Waals surface area contributed by atoms with Crippen molar-refractivity contribution in [3.8, 4) is 11.1 Å². The Bertz CT molecular complexity index is 1160. The number of carbonyl (C=O) groups is 1. The molecule has 6 nitrogen and oxygen atoms in total. The molecule has 1 aliphatic heterocycles. The van der Waals surface area contributed by atoms with Crippen molar-refractivity contribution in [3.05, 3.63) is 78.5 Å². The van der Waals surface area contributed by atoms with Crippen molar-refractivity contribution in [1.82, 2.24) is 9.29 Å². The lowest BCUT2D eigenvalue weighted by atomic mass is 10.1. The van der Waals surface area contributed by atoms with Gasteiger partial charge in [-0.15, -0.1) is 0 Å². The number of nitrogens with zero attached hydrogens (tertiary/aromatic N) is 2. The summed E-state index contributed by atoms with van der Waals surface area (Å²) in [6.45, 7) is 2.44. The first-order chi connectivity index (χ1) is 14.9. The van der Waals surface area contributed by atoms with Gasteiger partial charge in [-0.2, -0.15) is 4.31 Å². The molecule has 1 fully saturated rings. The van der Waals surface area contributed by atoms with Gasteiger partial charge in [0.05, 0.1) is 4.90 Å². The fourth-order valence-corrected chi connectivity index (χ4v) is 5.57. The minimum absolute atomic E-state index is 0.0384. The molecule has 0 spiro atoms. The molecular weight excluding hydrogens is 410 g/mol. The summed E-state index contributed by atoms with van der Waals surface area (Å²) in [6, 6.07) is 19.6. The third-order valence-corrected chi connectivity index (χ3v) is 7.57. The molecule has 1 unspecified atom stereocenters. The third-order valence-electron chi connectivity index (χ3n) is 5.56.